The predicted molar refractivity (Wildman–Crippen MR) is 81.6 cm³/mol. The molecule has 0 aromatic carbocycles. The smallest absolute Gasteiger partial charge is 0.220 e. The van der Waals surface area contributed by atoms with Crippen LogP contribution in [0.15, 0.2) is 0 Å². The molecule has 0 spiro atoms. The molecule has 0 aromatic rings. The molecule has 0 unspecified atom stereocenters. The lowest BCUT2D eigenvalue weighted by Gasteiger charge is -2.23. The molecule has 20 heavy (non-hydrogen) atoms. The van der Waals surface area contributed by atoms with Crippen LogP contribution in [0.3, 0.4) is 0 Å². The molecule has 0 fully saturated rings. The van der Waals surface area contributed by atoms with Crippen molar-refractivity contribution >= 4 is 5.91 Å². The molecule has 0 aliphatic rings. The van der Waals surface area contributed by atoms with E-state index in [-0.39, 0.29) is 11.3 Å². The zero-order chi connectivity index (χ0) is 15.3. The van der Waals surface area contributed by atoms with E-state index in [1.165, 1.54) is 0 Å². The number of nitrogens with two attached hydrogens (primary N) is 1. The molecule has 3 N–H and O–H groups in total. The van der Waals surface area contributed by atoms with Crippen LogP contribution >= 0.6 is 0 Å². The minimum atomic E-state index is 0.135. The highest BCUT2D eigenvalue weighted by Gasteiger charge is 2.17. The van der Waals surface area contributed by atoms with Crippen LogP contribution < -0.4 is 11.1 Å². The molecule has 0 atom stereocenters. The van der Waals surface area contributed by atoms with Gasteiger partial charge in [0.05, 0.1) is 13.2 Å². The molecule has 0 bridgehead atoms. The molecule has 5 heteroatoms. The van der Waals surface area contributed by atoms with Crippen molar-refractivity contribution in [1.29, 1.82) is 0 Å². The lowest BCUT2D eigenvalue weighted by atomic mass is 9.84. The van der Waals surface area contributed by atoms with Gasteiger partial charge in [-0.05, 0) is 37.6 Å². The molecule has 0 aromatic heterocycles. The summed E-state index contributed by atoms with van der Waals surface area (Å²) >= 11 is 0. The largest absolute Gasteiger partial charge is 0.382 e. The van der Waals surface area contributed by atoms with Crippen LogP contribution in [-0.4, -0.2) is 45.9 Å². The van der Waals surface area contributed by atoms with Crippen LogP contribution in [0.4, 0.5) is 0 Å². The van der Waals surface area contributed by atoms with E-state index < -0.39 is 0 Å². The van der Waals surface area contributed by atoms with Crippen LogP contribution in [0.2, 0.25) is 0 Å². The molecule has 120 valence electrons. The van der Waals surface area contributed by atoms with E-state index in [0.717, 1.165) is 38.8 Å². The Morgan fingerprint density at radius 2 is 1.90 bits per heavy atom. The number of unbranched alkanes of at least 4 members (excludes halogenated alkanes) is 1. The Labute approximate surface area is 123 Å². The van der Waals surface area contributed by atoms with E-state index in [2.05, 4.69) is 19.2 Å². The minimum absolute atomic E-state index is 0.135. The van der Waals surface area contributed by atoms with Gasteiger partial charge in [0, 0.05) is 26.7 Å². The molecule has 5 nitrogen and oxygen atoms in total. The Morgan fingerprint density at radius 1 is 1.15 bits per heavy atom. The second-order valence-electron chi connectivity index (χ2n) is 5.87. The van der Waals surface area contributed by atoms with Gasteiger partial charge < -0.3 is 20.5 Å². The number of nitrogens with one attached hydrogen (secondary N) is 1. The summed E-state index contributed by atoms with van der Waals surface area (Å²) < 4.78 is 10.2. The van der Waals surface area contributed by atoms with Gasteiger partial charge in [0.2, 0.25) is 5.91 Å². The first kappa shape index (κ1) is 19.4. The average molecular weight is 288 g/mol. The molecule has 0 aliphatic carbocycles. The van der Waals surface area contributed by atoms with Crippen molar-refractivity contribution in [2.24, 2.45) is 11.1 Å². The van der Waals surface area contributed by atoms with Crippen LogP contribution in [0.1, 0.15) is 46.0 Å². The highest BCUT2D eigenvalue weighted by Crippen LogP contribution is 2.25. The molecule has 0 radical (unpaired) electrons. The second kappa shape index (κ2) is 12.1. The summed E-state index contributed by atoms with van der Waals surface area (Å²) in [4.78, 5) is 11.7. The fraction of sp³-hybridized carbons (Fsp3) is 0.933. The van der Waals surface area contributed by atoms with Gasteiger partial charge in [-0.15, -0.1) is 0 Å². The summed E-state index contributed by atoms with van der Waals surface area (Å²) in [6, 6.07) is 0. The van der Waals surface area contributed by atoms with Gasteiger partial charge in [-0.1, -0.05) is 13.8 Å². The van der Waals surface area contributed by atoms with E-state index in [4.69, 9.17) is 15.2 Å². The number of hydrogen-bond acceptors (Lipinski definition) is 4. The first-order valence-corrected chi connectivity index (χ1v) is 7.55. The van der Waals surface area contributed by atoms with Gasteiger partial charge in [0.15, 0.2) is 0 Å². The zero-order valence-electron chi connectivity index (χ0n) is 13.4. The molecular weight excluding hydrogens is 256 g/mol. The second-order valence-corrected chi connectivity index (χ2v) is 5.87. The van der Waals surface area contributed by atoms with Crippen LogP contribution in [-0.2, 0) is 14.3 Å². The third kappa shape index (κ3) is 12.4. The van der Waals surface area contributed by atoms with Crippen molar-refractivity contribution in [3.63, 3.8) is 0 Å². The first-order chi connectivity index (χ1) is 9.52. The zero-order valence-corrected chi connectivity index (χ0v) is 13.4. The summed E-state index contributed by atoms with van der Waals surface area (Å²) in [5, 5.41) is 2.95. The maximum absolute atomic E-state index is 11.7. The van der Waals surface area contributed by atoms with E-state index >= 15 is 0 Å². The van der Waals surface area contributed by atoms with Gasteiger partial charge in [-0.25, -0.2) is 0 Å². The fourth-order valence-corrected chi connectivity index (χ4v) is 1.86. The summed E-state index contributed by atoms with van der Waals surface area (Å²) in [6.07, 6.45) is 4.33. The number of rotatable bonds is 13. The molecular formula is C15H32N2O3. The van der Waals surface area contributed by atoms with Crippen molar-refractivity contribution in [2.45, 2.75) is 46.0 Å². The standard InChI is InChI=1S/C15H32N2O3/c1-15(2,8-9-16)7-6-14(18)17-10-4-5-11-20-13-12-19-3/h4-13,16H2,1-3H3,(H,17,18). The number of methoxy groups -OCH3 is 1. The monoisotopic (exact) mass is 288 g/mol. The Balaban J connectivity index is 3.41. The highest BCUT2D eigenvalue weighted by atomic mass is 16.5. The summed E-state index contributed by atoms with van der Waals surface area (Å²) in [5.41, 5.74) is 5.71. The third-order valence-corrected chi connectivity index (χ3v) is 3.32. The van der Waals surface area contributed by atoms with Crippen molar-refractivity contribution < 1.29 is 14.3 Å². The van der Waals surface area contributed by atoms with Crippen LogP contribution in [0, 0.1) is 5.41 Å². The van der Waals surface area contributed by atoms with E-state index in [1.54, 1.807) is 7.11 Å². The summed E-state index contributed by atoms with van der Waals surface area (Å²) in [5.74, 6) is 0.135. The van der Waals surface area contributed by atoms with Gasteiger partial charge in [-0.3, -0.25) is 4.79 Å². The van der Waals surface area contributed by atoms with Crippen molar-refractivity contribution in [3.05, 3.63) is 0 Å². The maximum Gasteiger partial charge on any atom is 0.220 e. The molecule has 0 saturated heterocycles. The predicted octanol–water partition coefficient (Wildman–Crippen LogP) is 1.70. The Morgan fingerprint density at radius 3 is 2.55 bits per heavy atom. The van der Waals surface area contributed by atoms with Gasteiger partial charge in [0.1, 0.15) is 0 Å². The molecule has 0 rings (SSSR count). The summed E-state index contributed by atoms with van der Waals surface area (Å²) in [7, 11) is 1.66. The van der Waals surface area contributed by atoms with Crippen molar-refractivity contribution in [1.82, 2.24) is 5.32 Å². The lowest BCUT2D eigenvalue weighted by Crippen LogP contribution is -2.27. The average Bonchev–Trinajstić information content (AvgIpc) is 2.39. The fourth-order valence-electron chi connectivity index (χ4n) is 1.86. The number of carbonyl (C=O) groups excluding carboxylic acids is 1. The molecule has 1 amide bonds. The van der Waals surface area contributed by atoms with Gasteiger partial charge in [-0.2, -0.15) is 0 Å². The topological polar surface area (TPSA) is 73.6 Å². The Kier molecular flexibility index (Phi) is 11.7. The first-order valence-electron chi connectivity index (χ1n) is 7.55. The number of carbonyl (C=O) groups is 1. The molecule has 0 heterocycles. The quantitative estimate of drug-likeness (QED) is 0.506. The third-order valence-electron chi connectivity index (χ3n) is 3.32. The molecule has 0 saturated carbocycles. The Hall–Kier alpha value is -0.650. The van der Waals surface area contributed by atoms with Crippen molar-refractivity contribution in [2.75, 3.05) is 40.0 Å². The number of hydrogen-bond donors (Lipinski definition) is 2. The number of ether oxygens (including phenoxy) is 2. The van der Waals surface area contributed by atoms with E-state index in [9.17, 15) is 4.79 Å². The van der Waals surface area contributed by atoms with Crippen LogP contribution in [0.25, 0.3) is 0 Å². The van der Waals surface area contributed by atoms with Gasteiger partial charge in [0.25, 0.3) is 0 Å². The highest BCUT2D eigenvalue weighted by molar-refractivity contribution is 5.75. The van der Waals surface area contributed by atoms with Crippen molar-refractivity contribution in [3.8, 4) is 0 Å². The number of amides is 1. The van der Waals surface area contributed by atoms with Gasteiger partial charge >= 0.3 is 0 Å². The van der Waals surface area contributed by atoms with E-state index in [0.29, 0.717) is 26.2 Å². The normalized spacial score (nSPS) is 11.6. The SMILES string of the molecule is COCCOCCCCNC(=O)CCC(C)(C)CCN. The molecule has 0 aliphatic heterocycles. The van der Waals surface area contributed by atoms with E-state index in [1.807, 2.05) is 0 Å². The maximum atomic E-state index is 11.7. The van der Waals surface area contributed by atoms with Crippen LogP contribution in [0.5, 0.6) is 0 Å². The minimum Gasteiger partial charge on any atom is -0.382 e. The lowest BCUT2D eigenvalue weighted by molar-refractivity contribution is -0.121. The summed E-state index contributed by atoms with van der Waals surface area (Å²) in [6.45, 7) is 7.72. The Bertz CT molecular complexity index is 245.